The van der Waals surface area contributed by atoms with Gasteiger partial charge in [0.2, 0.25) is 0 Å². The number of alkyl halides is 1. The molecule has 3 saturated heterocycles. The molecule has 14 nitrogen and oxygen atoms in total. The molecule has 0 amide bonds. The van der Waals surface area contributed by atoms with Gasteiger partial charge in [-0.3, -0.25) is 9.69 Å². The Bertz CT molecular complexity index is 2080. The summed E-state index contributed by atoms with van der Waals surface area (Å²) in [5.74, 6) is -2.18. The minimum Gasteiger partial charge on any atom is -0.508 e. The number of aliphatic hydroxyl groups excluding tert-OH is 3. The predicted octanol–water partition coefficient (Wildman–Crippen LogP) is 6.93. The molecule has 6 aliphatic rings. The molecule has 3 aromatic rings. The molecular formula is C53H73BrN2O12. The largest absolute Gasteiger partial charge is 0.508 e. The summed E-state index contributed by atoms with van der Waals surface area (Å²) in [4.78, 5) is 37.0. The zero-order chi connectivity index (χ0) is 49.0. The van der Waals surface area contributed by atoms with Crippen LogP contribution in [-0.4, -0.2) is 139 Å². The normalized spacial score (nSPS) is 27.3. The lowest BCUT2D eigenvalue weighted by Gasteiger charge is -2.64. The van der Waals surface area contributed by atoms with E-state index in [-0.39, 0.29) is 30.1 Å². The number of carbonyl (C=O) groups is 3. The number of hydrogen-bond donors (Lipinski definition) is 7. The fourth-order valence-corrected chi connectivity index (χ4v) is 11.8. The van der Waals surface area contributed by atoms with E-state index >= 15 is 0 Å². The molecular weight excluding hydrogens is 936 g/mol. The number of piperidine rings is 2. The summed E-state index contributed by atoms with van der Waals surface area (Å²) < 4.78 is 11.3. The van der Waals surface area contributed by atoms with Gasteiger partial charge < -0.3 is 50.1 Å². The van der Waals surface area contributed by atoms with Crippen molar-refractivity contribution in [1.29, 1.82) is 0 Å². The van der Waals surface area contributed by atoms with Crippen molar-refractivity contribution in [2.45, 2.75) is 162 Å². The van der Waals surface area contributed by atoms with Crippen LogP contribution < -0.4 is 4.74 Å². The van der Waals surface area contributed by atoms with E-state index in [1.54, 1.807) is 0 Å². The van der Waals surface area contributed by atoms with E-state index in [0.29, 0.717) is 17.8 Å². The van der Waals surface area contributed by atoms with Crippen LogP contribution in [0, 0.1) is 5.92 Å². The van der Waals surface area contributed by atoms with Crippen LogP contribution in [0.2, 0.25) is 0 Å². The summed E-state index contributed by atoms with van der Waals surface area (Å²) in [7, 11) is 2.17. The monoisotopic (exact) mass is 1010 g/mol. The number of benzene rings is 3. The Morgan fingerprint density at radius 3 is 2.10 bits per heavy atom. The second-order valence-electron chi connectivity index (χ2n) is 19.6. The van der Waals surface area contributed by atoms with Crippen LogP contribution in [0.1, 0.15) is 125 Å². The molecule has 0 spiro atoms. The number of carbonyl (C=O) groups excluding carboxylic acids is 1. The van der Waals surface area contributed by atoms with E-state index in [9.17, 15) is 29.7 Å². The van der Waals surface area contributed by atoms with Crippen molar-refractivity contribution in [3.63, 3.8) is 0 Å². The van der Waals surface area contributed by atoms with Crippen molar-refractivity contribution >= 4 is 33.8 Å². The van der Waals surface area contributed by atoms with Crippen molar-refractivity contribution < 1.29 is 59.6 Å². The number of halogens is 1. The van der Waals surface area contributed by atoms with E-state index in [4.69, 9.17) is 29.9 Å². The molecule has 0 aromatic heterocycles. The van der Waals surface area contributed by atoms with Crippen LogP contribution in [-0.2, 0) is 36.3 Å². The van der Waals surface area contributed by atoms with Crippen LogP contribution in [0.25, 0.3) is 0 Å². The summed E-state index contributed by atoms with van der Waals surface area (Å²) in [6.45, 7) is 5.07. The van der Waals surface area contributed by atoms with Crippen LogP contribution in [0.4, 0.5) is 0 Å². The number of aliphatic hydroxyl groups is 4. The zero-order valence-electron chi connectivity index (χ0n) is 39.6. The highest BCUT2D eigenvalue weighted by Crippen LogP contribution is 2.58. The van der Waals surface area contributed by atoms with Crippen molar-refractivity contribution in [2.24, 2.45) is 5.92 Å². The number of carboxylic acids is 2. The molecule has 9 rings (SSSR count). The minimum absolute atomic E-state index is 0.00367. The maximum atomic E-state index is 12.4. The lowest BCUT2D eigenvalue weighted by atomic mass is 9.49. The number of hydrogen-bond acceptors (Lipinski definition) is 12. The second kappa shape index (κ2) is 24.6. The molecule has 374 valence electrons. The van der Waals surface area contributed by atoms with Gasteiger partial charge in [0.1, 0.15) is 23.5 Å². The molecule has 3 unspecified atom stereocenters. The third-order valence-corrected chi connectivity index (χ3v) is 16.1. The molecule has 4 bridgehead atoms. The fourth-order valence-electron chi connectivity index (χ4n) is 11.4. The zero-order valence-corrected chi connectivity index (χ0v) is 41.2. The molecule has 15 heteroatoms. The van der Waals surface area contributed by atoms with Gasteiger partial charge in [-0.05, 0) is 125 Å². The van der Waals surface area contributed by atoms with Crippen LogP contribution >= 0.6 is 15.9 Å². The molecule has 3 heterocycles. The smallest absolute Gasteiger partial charge is 0.335 e. The van der Waals surface area contributed by atoms with E-state index < -0.39 is 35.7 Å². The van der Waals surface area contributed by atoms with Crippen molar-refractivity contribution in [1.82, 2.24) is 9.80 Å². The first-order valence-electron chi connectivity index (χ1n) is 24.6. The van der Waals surface area contributed by atoms with Crippen LogP contribution in [0.3, 0.4) is 0 Å². The van der Waals surface area contributed by atoms with Crippen molar-refractivity contribution in [3.8, 4) is 11.5 Å². The van der Waals surface area contributed by atoms with E-state index in [2.05, 4.69) is 51.8 Å². The first-order chi connectivity index (χ1) is 32.7. The minimum atomic E-state index is -2.27. The number of nitrogens with zero attached hydrogens (tertiary/aromatic N) is 2. The fraction of sp³-hybridized carbons (Fsp3) is 0.604. The lowest BCUT2D eigenvalue weighted by Crippen LogP contribution is -2.72. The Hall–Kier alpha value is -4.09. The molecule has 7 N–H and O–H groups in total. The third kappa shape index (κ3) is 12.4. The molecule has 0 radical (unpaired) electrons. The summed E-state index contributed by atoms with van der Waals surface area (Å²) in [6, 6.07) is 24.8. The number of unbranched alkanes of at least 4 members (excludes halogenated alkanes) is 1. The number of para-hydroxylation sites is 1. The summed E-state index contributed by atoms with van der Waals surface area (Å²) in [5.41, 5.74) is 3.93. The van der Waals surface area contributed by atoms with Gasteiger partial charge in [0.15, 0.2) is 12.2 Å². The Morgan fingerprint density at radius 2 is 1.50 bits per heavy atom. The number of rotatable bonds is 14. The van der Waals surface area contributed by atoms with Gasteiger partial charge in [0.05, 0.1) is 18.8 Å². The number of fused-ring (bicyclic) bond motifs is 3. The highest BCUT2D eigenvalue weighted by Gasteiger charge is 2.63. The number of carboxylic acid groups (broad SMARTS) is 2. The SMILES string of the molecule is CCCCOc1ccccc1CBr.CN1[C@@H]2CC[C@H]1CC(OC(=O)[C@H](CO)c1ccccc1)C2.O=C(O)C(O)C(O)C(=O)O.Oc1ccc2c(c1)[C@@]13CCCC[C@@]1(O)[C@@H](C2)N(CC1CCC1)CC3. The Labute approximate surface area is 409 Å². The molecule has 68 heavy (non-hydrogen) atoms. The predicted molar refractivity (Wildman–Crippen MR) is 261 cm³/mol. The van der Waals surface area contributed by atoms with Crippen molar-refractivity contribution in [2.75, 3.05) is 33.4 Å². The van der Waals surface area contributed by atoms with Gasteiger partial charge in [-0.2, -0.15) is 0 Å². The quantitative estimate of drug-likeness (QED) is 0.0495. The highest BCUT2D eigenvalue weighted by molar-refractivity contribution is 9.08. The number of aromatic hydroxyl groups is 1. The second-order valence-corrected chi connectivity index (χ2v) is 20.1. The Morgan fingerprint density at radius 1 is 0.853 bits per heavy atom. The average molecular weight is 1010 g/mol. The molecule has 3 aliphatic heterocycles. The summed E-state index contributed by atoms with van der Waals surface area (Å²) >= 11 is 3.44. The number of phenolic OH excluding ortho intramolecular Hbond substituents is 1. The molecule has 5 fully saturated rings. The van der Waals surface area contributed by atoms with Crippen LogP contribution in [0.15, 0.2) is 72.8 Å². The number of likely N-dealkylation sites (tertiary alicyclic amines) is 1. The van der Waals surface area contributed by atoms with E-state index in [0.717, 1.165) is 87.1 Å². The summed E-state index contributed by atoms with van der Waals surface area (Å²) in [5, 5.41) is 64.9. The number of ether oxygens (including phenoxy) is 2. The van der Waals surface area contributed by atoms with Crippen LogP contribution in [0.5, 0.6) is 11.5 Å². The lowest BCUT2D eigenvalue weighted by molar-refractivity contribution is -0.169. The topological polar surface area (TPSA) is 218 Å². The maximum absolute atomic E-state index is 12.4. The number of aliphatic carboxylic acids is 2. The number of phenols is 1. The van der Waals surface area contributed by atoms with Gasteiger partial charge in [0, 0.05) is 41.0 Å². The average Bonchev–Trinajstić information content (AvgIpc) is 3.50. The van der Waals surface area contributed by atoms with E-state index in [1.807, 2.05) is 60.7 Å². The summed E-state index contributed by atoms with van der Waals surface area (Å²) in [6.07, 6.45) is 12.5. The molecule has 3 aromatic carbocycles. The maximum Gasteiger partial charge on any atom is 0.335 e. The molecule has 9 atom stereocenters. The molecule has 3 aliphatic carbocycles. The van der Waals surface area contributed by atoms with Gasteiger partial charge in [-0.25, -0.2) is 9.59 Å². The first-order valence-corrected chi connectivity index (χ1v) is 25.7. The van der Waals surface area contributed by atoms with Gasteiger partial charge in [0.25, 0.3) is 0 Å². The van der Waals surface area contributed by atoms with E-state index in [1.165, 1.54) is 68.2 Å². The van der Waals surface area contributed by atoms with Gasteiger partial charge in [-0.15, -0.1) is 0 Å². The Kier molecular flexibility index (Phi) is 19.3. The van der Waals surface area contributed by atoms with Gasteiger partial charge >= 0.3 is 17.9 Å². The first kappa shape index (κ1) is 53.3. The third-order valence-electron chi connectivity index (χ3n) is 15.5. The van der Waals surface area contributed by atoms with Crippen molar-refractivity contribution in [3.05, 3.63) is 95.1 Å². The standard InChI is InChI=1S/C21H29NO2.C17H23NO3.C11H15BrO.C4H6O6/c23-17-7-6-16-12-19-21(24)9-2-1-8-20(21,18(16)13-17)10-11-22(19)14-15-4-3-5-15;1-18-13-7-8-14(18)10-15(9-13)21-17(20)16(11-19)12-5-3-2-4-6-12;1-2-3-8-13-11-7-5-4-6-10(11)9-12;5-1(3(7)8)2(6)4(9)10/h6-7,13,15,19,23-24H,1-5,8-12,14H2;2-6,13-16,19H,7-11H2,1H3;4-7H,2-3,8-9H2,1H3;1-2,5-6H,(H,7,8)(H,9,10)/t19-,20+,21-;13-,14+,15?,16-;;/m11../s1. The Balaban J connectivity index is 0.000000158. The molecule has 2 saturated carbocycles. The van der Waals surface area contributed by atoms with Gasteiger partial charge in [-0.1, -0.05) is 103 Å². The highest BCUT2D eigenvalue weighted by atomic mass is 79.9. The number of esters is 1.